The van der Waals surface area contributed by atoms with Crippen LogP contribution in [0.3, 0.4) is 0 Å². The second-order valence-electron chi connectivity index (χ2n) is 6.20. The van der Waals surface area contributed by atoms with Crippen LogP contribution in [0.2, 0.25) is 0 Å². The van der Waals surface area contributed by atoms with Crippen LogP contribution in [0.15, 0.2) is 53.7 Å². The molecule has 0 saturated carbocycles. The average Bonchev–Trinajstić information content (AvgIpc) is 3.15. The summed E-state index contributed by atoms with van der Waals surface area (Å²) < 4.78 is 11.9. The van der Waals surface area contributed by atoms with Gasteiger partial charge in [0.1, 0.15) is 5.75 Å². The minimum atomic E-state index is -0.443. The number of carbonyl (C=O) groups is 2. The zero-order valence-electron chi connectivity index (χ0n) is 16.4. The van der Waals surface area contributed by atoms with E-state index in [1.165, 1.54) is 18.9 Å². The zero-order valence-corrected chi connectivity index (χ0v) is 17.2. The number of aromatic nitrogens is 3. The highest BCUT2D eigenvalue weighted by Gasteiger charge is 2.15. The van der Waals surface area contributed by atoms with Gasteiger partial charge >= 0.3 is 11.9 Å². The standard InChI is InChI=1S/C21H21N3O4S/c1-4-24-19(16-7-5-6-14(2)12-16)22-23-21(24)29-13-18(25)28-17-10-8-15(9-11-17)20(26)27-3/h5-12H,4,13H2,1-3H3. The van der Waals surface area contributed by atoms with E-state index in [-0.39, 0.29) is 5.75 Å². The number of nitrogens with zero attached hydrogens (tertiary/aromatic N) is 3. The Kier molecular flexibility index (Phi) is 6.66. The number of thioether (sulfide) groups is 1. The molecule has 7 nitrogen and oxygen atoms in total. The highest BCUT2D eigenvalue weighted by Crippen LogP contribution is 2.25. The van der Waals surface area contributed by atoms with Gasteiger partial charge in [-0.15, -0.1) is 10.2 Å². The van der Waals surface area contributed by atoms with Crippen molar-refractivity contribution in [2.45, 2.75) is 25.5 Å². The molecular weight excluding hydrogens is 390 g/mol. The van der Waals surface area contributed by atoms with E-state index in [9.17, 15) is 9.59 Å². The molecule has 3 aromatic rings. The minimum absolute atomic E-state index is 0.0880. The van der Waals surface area contributed by atoms with E-state index in [1.54, 1.807) is 24.3 Å². The topological polar surface area (TPSA) is 83.3 Å². The van der Waals surface area contributed by atoms with E-state index in [2.05, 4.69) is 21.0 Å². The van der Waals surface area contributed by atoms with Crippen molar-refractivity contribution in [2.75, 3.05) is 12.9 Å². The molecule has 0 spiro atoms. The third-order valence-electron chi connectivity index (χ3n) is 4.14. The normalized spacial score (nSPS) is 10.6. The van der Waals surface area contributed by atoms with Crippen molar-refractivity contribution in [3.63, 3.8) is 0 Å². The van der Waals surface area contributed by atoms with Crippen molar-refractivity contribution in [1.29, 1.82) is 0 Å². The fourth-order valence-corrected chi connectivity index (χ4v) is 3.52. The van der Waals surface area contributed by atoms with Crippen LogP contribution in [-0.2, 0) is 16.1 Å². The first-order valence-corrected chi connectivity index (χ1v) is 10.0. The van der Waals surface area contributed by atoms with Gasteiger partial charge in [0, 0.05) is 12.1 Å². The zero-order chi connectivity index (χ0) is 20.8. The lowest BCUT2D eigenvalue weighted by molar-refractivity contribution is -0.131. The molecule has 29 heavy (non-hydrogen) atoms. The summed E-state index contributed by atoms with van der Waals surface area (Å²) in [4.78, 5) is 23.6. The van der Waals surface area contributed by atoms with Gasteiger partial charge in [0.15, 0.2) is 11.0 Å². The number of rotatable bonds is 7. The van der Waals surface area contributed by atoms with Gasteiger partial charge in [0.05, 0.1) is 18.4 Å². The predicted octanol–water partition coefficient (Wildman–Crippen LogP) is 3.76. The fourth-order valence-electron chi connectivity index (χ4n) is 2.74. The molecule has 0 amide bonds. The maximum atomic E-state index is 12.2. The largest absolute Gasteiger partial charge is 0.465 e. The first-order valence-electron chi connectivity index (χ1n) is 9.04. The third kappa shape index (κ3) is 5.03. The summed E-state index contributed by atoms with van der Waals surface area (Å²) in [6, 6.07) is 14.3. The molecule has 0 N–H and O–H groups in total. The van der Waals surface area contributed by atoms with Crippen LogP contribution in [0.4, 0.5) is 0 Å². The summed E-state index contributed by atoms with van der Waals surface area (Å²) in [7, 11) is 1.31. The van der Waals surface area contributed by atoms with Gasteiger partial charge in [-0.25, -0.2) is 4.79 Å². The number of hydrogen-bond acceptors (Lipinski definition) is 7. The van der Waals surface area contributed by atoms with Gasteiger partial charge in [0.25, 0.3) is 0 Å². The smallest absolute Gasteiger partial charge is 0.337 e. The molecule has 0 fully saturated rings. The average molecular weight is 411 g/mol. The van der Waals surface area contributed by atoms with E-state index in [0.717, 1.165) is 17.0 Å². The number of carbonyl (C=O) groups excluding carboxylic acids is 2. The molecule has 0 aliphatic heterocycles. The number of methoxy groups -OCH3 is 1. The van der Waals surface area contributed by atoms with Crippen molar-refractivity contribution in [2.24, 2.45) is 0 Å². The summed E-state index contributed by atoms with van der Waals surface area (Å²) in [6.07, 6.45) is 0. The molecule has 1 heterocycles. The second kappa shape index (κ2) is 9.38. The quantitative estimate of drug-likeness (QED) is 0.332. The Labute approximate surface area is 173 Å². The summed E-state index contributed by atoms with van der Waals surface area (Å²) in [5.74, 6) is 0.362. The summed E-state index contributed by atoms with van der Waals surface area (Å²) in [6.45, 7) is 4.72. The maximum Gasteiger partial charge on any atom is 0.337 e. The Morgan fingerprint density at radius 3 is 2.52 bits per heavy atom. The molecule has 0 atom stereocenters. The van der Waals surface area contributed by atoms with Gasteiger partial charge in [-0.2, -0.15) is 0 Å². The van der Waals surface area contributed by atoms with Gasteiger partial charge in [0.2, 0.25) is 0 Å². The number of esters is 2. The molecule has 0 aliphatic carbocycles. The molecule has 3 rings (SSSR count). The van der Waals surface area contributed by atoms with Crippen LogP contribution < -0.4 is 4.74 Å². The monoisotopic (exact) mass is 411 g/mol. The van der Waals surface area contributed by atoms with E-state index in [4.69, 9.17) is 4.74 Å². The SMILES string of the molecule is CCn1c(SCC(=O)Oc2ccc(C(=O)OC)cc2)nnc1-c1cccc(C)c1. The van der Waals surface area contributed by atoms with E-state index < -0.39 is 11.9 Å². The lowest BCUT2D eigenvalue weighted by Crippen LogP contribution is -2.12. The number of ether oxygens (including phenoxy) is 2. The first-order chi connectivity index (χ1) is 14.0. The van der Waals surface area contributed by atoms with Crippen molar-refractivity contribution in [3.8, 4) is 17.1 Å². The van der Waals surface area contributed by atoms with E-state index >= 15 is 0 Å². The van der Waals surface area contributed by atoms with E-state index in [1.807, 2.05) is 36.6 Å². The van der Waals surface area contributed by atoms with E-state index in [0.29, 0.717) is 23.0 Å². The molecular formula is C21H21N3O4S. The van der Waals surface area contributed by atoms with Crippen molar-refractivity contribution >= 4 is 23.7 Å². The lowest BCUT2D eigenvalue weighted by atomic mass is 10.1. The molecule has 0 aliphatic rings. The van der Waals surface area contributed by atoms with Gasteiger partial charge in [-0.05, 0) is 44.2 Å². The van der Waals surface area contributed by atoms with Crippen molar-refractivity contribution < 1.29 is 19.1 Å². The Hall–Kier alpha value is -3.13. The summed E-state index contributed by atoms with van der Waals surface area (Å²) in [5.41, 5.74) is 2.52. The Bertz CT molecular complexity index is 1020. The third-order valence-corrected chi connectivity index (χ3v) is 5.08. The van der Waals surface area contributed by atoms with Crippen LogP contribution in [-0.4, -0.2) is 39.6 Å². The van der Waals surface area contributed by atoms with Gasteiger partial charge in [-0.3, -0.25) is 4.79 Å². The molecule has 2 aromatic carbocycles. The van der Waals surface area contributed by atoms with Crippen LogP contribution in [0.25, 0.3) is 11.4 Å². The maximum absolute atomic E-state index is 12.2. The number of hydrogen-bond donors (Lipinski definition) is 0. The van der Waals surface area contributed by atoms with Crippen LogP contribution >= 0.6 is 11.8 Å². The van der Waals surface area contributed by atoms with Crippen LogP contribution in [0, 0.1) is 6.92 Å². The molecule has 150 valence electrons. The van der Waals surface area contributed by atoms with Crippen molar-refractivity contribution in [3.05, 3.63) is 59.7 Å². The summed E-state index contributed by atoms with van der Waals surface area (Å²) in [5, 5.41) is 9.17. The molecule has 8 heteroatoms. The van der Waals surface area contributed by atoms with Crippen LogP contribution in [0.5, 0.6) is 5.75 Å². The molecule has 0 saturated heterocycles. The number of aryl methyl sites for hydroxylation is 1. The highest BCUT2D eigenvalue weighted by atomic mass is 32.2. The Morgan fingerprint density at radius 2 is 1.86 bits per heavy atom. The Morgan fingerprint density at radius 1 is 1.10 bits per heavy atom. The molecule has 0 bridgehead atoms. The fraction of sp³-hybridized carbons (Fsp3) is 0.238. The highest BCUT2D eigenvalue weighted by molar-refractivity contribution is 7.99. The number of benzene rings is 2. The Balaban J connectivity index is 1.64. The minimum Gasteiger partial charge on any atom is -0.465 e. The van der Waals surface area contributed by atoms with Crippen molar-refractivity contribution in [1.82, 2.24) is 14.8 Å². The first kappa shape index (κ1) is 20.6. The second-order valence-corrected chi connectivity index (χ2v) is 7.14. The van der Waals surface area contributed by atoms with Crippen LogP contribution in [0.1, 0.15) is 22.8 Å². The predicted molar refractivity (Wildman–Crippen MR) is 110 cm³/mol. The molecule has 0 unspecified atom stereocenters. The molecule has 1 aromatic heterocycles. The lowest BCUT2D eigenvalue weighted by Gasteiger charge is -2.08. The van der Waals surface area contributed by atoms with Gasteiger partial charge < -0.3 is 14.0 Å². The molecule has 0 radical (unpaired) electrons. The van der Waals surface area contributed by atoms with Gasteiger partial charge in [-0.1, -0.05) is 35.5 Å². The summed E-state index contributed by atoms with van der Waals surface area (Å²) >= 11 is 1.27.